The number of anilines is 1. The predicted octanol–water partition coefficient (Wildman–Crippen LogP) is 1.15. The van der Waals surface area contributed by atoms with Crippen molar-refractivity contribution in [1.29, 1.82) is 0 Å². The molecule has 96 valence electrons. The number of carboxylic acids is 1. The summed E-state index contributed by atoms with van der Waals surface area (Å²) in [7, 11) is 0. The second kappa shape index (κ2) is 4.29. The highest BCUT2D eigenvalue weighted by Gasteiger charge is 2.45. The van der Waals surface area contributed by atoms with E-state index < -0.39 is 23.2 Å². The van der Waals surface area contributed by atoms with E-state index in [1.807, 2.05) is 0 Å². The molecule has 6 heteroatoms. The number of amides is 1. The van der Waals surface area contributed by atoms with Crippen LogP contribution >= 0.6 is 0 Å². The molecule has 0 unspecified atom stereocenters. The van der Waals surface area contributed by atoms with E-state index in [0.29, 0.717) is 12.8 Å². The molecule has 0 heterocycles. The summed E-state index contributed by atoms with van der Waals surface area (Å²) in [5, 5.41) is 11.5. The van der Waals surface area contributed by atoms with Crippen molar-refractivity contribution >= 4 is 17.6 Å². The van der Waals surface area contributed by atoms with Gasteiger partial charge in [0.2, 0.25) is 0 Å². The Morgan fingerprint density at radius 2 is 2.06 bits per heavy atom. The van der Waals surface area contributed by atoms with Gasteiger partial charge in [0, 0.05) is 5.69 Å². The second-order valence-corrected chi connectivity index (χ2v) is 4.43. The van der Waals surface area contributed by atoms with Gasteiger partial charge >= 0.3 is 5.97 Å². The van der Waals surface area contributed by atoms with Gasteiger partial charge in [-0.1, -0.05) is 0 Å². The number of carboxylic acid groups (broad SMARTS) is 1. The third kappa shape index (κ3) is 2.01. The molecule has 1 aromatic rings. The Morgan fingerprint density at radius 3 is 2.56 bits per heavy atom. The molecule has 0 atom stereocenters. The molecule has 0 saturated heterocycles. The number of nitrogen functional groups attached to an aromatic ring is 1. The molecule has 5 nitrogen and oxygen atoms in total. The highest BCUT2D eigenvalue weighted by Crippen LogP contribution is 2.32. The Labute approximate surface area is 103 Å². The zero-order chi connectivity index (χ0) is 13.3. The van der Waals surface area contributed by atoms with E-state index in [-0.39, 0.29) is 11.3 Å². The average Bonchev–Trinajstić information content (AvgIpc) is 2.26. The van der Waals surface area contributed by atoms with Gasteiger partial charge in [-0.25, -0.2) is 9.18 Å². The number of benzene rings is 1. The van der Waals surface area contributed by atoms with Crippen LogP contribution in [0.5, 0.6) is 0 Å². The van der Waals surface area contributed by atoms with Crippen LogP contribution in [0.15, 0.2) is 18.2 Å². The van der Waals surface area contributed by atoms with Crippen molar-refractivity contribution in [3.05, 3.63) is 29.6 Å². The maximum absolute atomic E-state index is 13.0. The van der Waals surface area contributed by atoms with Gasteiger partial charge in [0.1, 0.15) is 11.4 Å². The van der Waals surface area contributed by atoms with Crippen molar-refractivity contribution in [3.63, 3.8) is 0 Å². The molecule has 0 spiro atoms. The predicted molar refractivity (Wildman–Crippen MR) is 62.5 cm³/mol. The molecular weight excluding hydrogens is 239 g/mol. The number of rotatable bonds is 3. The summed E-state index contributed by atoms with van der Waals surface area (Å²) in [6.45, 7) is 0. The molecule has 1 fully saturated rings. The smallest absolute Gasteiger partial charge is 0.329 e. The number of hydrogen-bond acceptors (Lipinski definition) is 3. The fourth-order valence-corrected chi connectivity index (χ4v) is 1.93. The lowest BCUT2D eigenvalue weighted by molar-refractivity contribution is -0.148. The second-order valence-electron chi connectivity index (χ2n) is 4.43. The Hall–Kier alpha value is -2.11. The quantitative estimate of drug-likeness (QED) is 0.703. The first-order chi connectivity index (χ1) is 8.44. The average molecular weight is 252 g/mol. The third-order valence-corrected chi connectivity index (χ3v) is 3.23. The topological polar surface area (TPSA) is 92.4 Å². The van der Waals surface area contributed by atoms with E-state index in [2.05, 4.69) is 5.32 Å². The van der Waals surface area contributed by atoms with Crippen LogP contribution in [0.4, 0.5) is 10.1 Å². The molecule has 0 radical (unpaired) electrons. The van der Waals surface area contributed by atoms with Gasteiger partial charge in [0.15, 0.2) is 0 Å². The van der Waals surface area contributed by atoms with E-state index in [9.17, 15) is 14.0 Å². The zero-order valence-electron chi connectivity index (χ0n) is 9.57. The van der Waals surface area contributed by atoms with Crippen LogP contribution < -0.4 is 11.1 Å². The van der Waals surface area contributed by atoms with Crippen LogP contribution in [0.3, 0.4) is 0 Å². The highest BCUT2D eigenvalue weighted by atomic mass is 19.1. The monoisotopic (exact) mass is 252 g/mol. The molecule has 0 aliphatic heterocycles. The van der Waals surface area contributed by atoms with Crippen molar-refractivity contribution < 1.29 is 19.1 Å². The fourth-order valence-electron chi connectivity index (χ4n) is 1.93. The summed E-state index contributed by atoms with van der Waals surface area (Å²) >= 11 is 0. The number of nitrogens with two attached hydrogens (primary N) is 1. The van der Waals surface area contributed by atoms with Gasteiger partial charge in [-0.2, -0.15) is 0 Å². The number of halogens is 1. The van der Waals surface area contributed by atoms with Crippen molar-refractivity contribution in [3.8, 4) is 0 Å². The normalized spacial score (nSPS) is 16.7. The van der Waals surface area contributed by atoms with Gasteiger partial charge in [-0.3, -0.25) is 4.79 Å². The van der Waals surface area contributed by atoms with E-state index in [1.54, 1.807) is 0 Å². The van der Waals surface area contributed by atoms with Crippen molar-refractivity contribution in [1.82, 2.24) is 5.32 Å². The van der Waals surface area contributed by atoms with E-state index in [1.165, 1.54) is 6.07 Å². The summed E-state index contributed by atoms with van der Waals surface area (Å²) in [4.78, 5) is 23.0. The van der Waals surface area contributed by atoms with Crippen LogP contribution in [0.1, 0.15) is 29.6 Å². The molecule has 1 aliphatic carbocycles. The zero-order valence-corrected chi connectivity index (χ0v) is 9.57. The summed E-state index contributed by atoms with van der Waals surface area (Å²) in [6, 6.07) is 3.42. The Kier molecular flexibility index (Phi) is 2.94. The van der Waals surface area contributed by atoms with Gasteiger partial charge in [0.05, 0.1) is 5.56 Å². The lowest BCUT2D eigenvalue weighted by Crippen LogP contribution is -2.59. The molecule has 2 rings (SSSR count). The first-order valence-corrected chi connectivity index (χ1v) is 5.55. The summed E-state index contributed by atoms with van der Waals surface area (Å²) in [6.07, 6.45) is 1.50. The molecule has 1 aliphatic rings. The van der Waals surface area contributed by atoms with Crippen LogP contribution in [0.25, 0.3) is 0 Å². The van der Waals surface area contributed by atoms with Crippen LogP contribution in [0.2, 0.25) is 0 Å². The largest absolute Gasteiger partial charge is 0.480 e. The van der Waals surface area contributed by atoms with E-state index >= 15 is 0 Å². The molecule has 1 aromatic carbocycles. The number of carbonyl (C=O) groups excluding carboxylic acids is 1. The summed E-state index contributed by atoms with van der Waals surface area (Å²) in [5.41, 5.74) is 4.42. The Balaban J connectivity index is 2.22. The lowest BCUT2D eigenvalue weighted by Gasteiger charge is -2.38. The van der Waals surface area contributed by atoms with Crippen molar-refractivity contribution in [2.75, 3.05) is 5.73 Å². The van der Waals surface area contributed by atoms with E-state index in [4.69, 9.17) is 10.8 Å². The highest BCUT2D eigenvalue weighted by molar-refractivity contribution is 6.01. The molecular formula is C12H13FN2O3. The van der Waals surface area contributed by atoms with Gasteiger partial charge < -0.3 is 16.2 Å². The summed E-state index contributed by atoms with van der Waals surface area (Å²) < 4.78 is 13.0. The molecule has 0 aromatic heterocycles. The Morgan fingerprint density at radius 1 is 1.39 bits per heavy atom. The third-order valence-electron chi connectivity index (χ3n) is 3.23. The maximum Gasteiger partial charge on any atom is 0.329 e. The minimum Gasteiger partial charge on any atom is -0.480 e. The van der Waals surface area contributed by atoms with Gasteiger partial charge in [-0.05, 0) is 37.5 Å². The fraction of sp³-hybridized carbons (Fsp3) is 0.333. The number of hydrogen-bond donors (Lipinski definition) is 3. The van der Waals surface area contributed by atoms with Crippen LogP contribution in [-0.2, 0) is 4.79 Å². The molecule has 1 amide bonds. The number of nitrogens with one attached hydrogen (secondary N) is 1. The minimum absolute atomic E-state index is 0.0393. The van der Waals surface area contributed by atoms with Gasteiger partial charge in [0.25, 0.3) is 5.91 Å². The van der Waals surface area contributed by atoms with Gasteiger partial charge in [-0.15, -0.1) is 0 Å². The number of aliphatic carboxylic acids is 1. The SMILES string of the molecule is Nc1ccc(F)cc1C(=O)NC1(C(=O)O)CCC1. The Bertz CT molecular complexity index is 512. The summed E-state index contributed by atoms with van der Waals surface area (Å²) in [5.74, 6) is -2.32. The van der Waals surface area contributed by atoms with Crippen LogP contribution in [-0.4, -0.2) is 22.5 Å². The number of carbonyl (C=O) groups is 2. The lowest BCUT2D eigenvalue weighted by atomic mass is 9.76. The minimum atomic E-state index is -1.23. The van der Waals surface area contributed by atoms with Crippen LogP contribution in [0, 0.1) is 5.82 Å². The molecule has 4 N–H and O–H groups in total. The van der Waals surface area contributed by atoms with E-state index in [0.717, 1.165) is 18.6 Å². The molecule has 18 heavy (non-hydrogen) atoms. The molecule has 0 bridgehead atoms. The first-order valence-electron chi connectivity index (χ1n) is 5.55. The maximum atomic E-state index is 13.0. The van der Waals surface area contributed by atoms with Crippen molar-refractivity contribution in [2.45, 2.75) is 24.8 Å². The molecule has 1 saturated carbocycles. The standard InChI is InChI=1S/C12H13FN2O3/c13-7-2-3-9(14)8(6-7)10(16)15-12(11(17)18)4-1-5-12/h2-3,6H,1,4-5,14H2,(H,15,16)(H,17,18). The first kappa shape index (κ1) is 12.3. The van der Waals surface area contributed by atoms with Crippen molar-refractivity contribution in [2.24, 2.45) is 0 Å².